The molecule has 0 atom stereocenters. The van der Waals surface area contributed by atoms with Crippen LogP contribution >= 0.6 is 0 Å². The van der Waals surface area contributed by atoms with Crippen molar-refractivity contribution in [3.8, 4) is 11.3 Å². The van der Waals surface area contributed by atoms with Gasteiger partial charge < -0.3 is 10.5 Å². The fraction of sp³-hybridized carbons (Fsp3) is 0.214. The van der Waals surface area contributed by atoms with Crippen LogP contribution in [0.2, 0.25) is 0 Å². The van der Waals surface area contributed by atoms with Gasteiger partial charge in [0.05, 0.1) is 36.4 Å². The number of hydrogen-bond acceptors (Lipinski definition) is 7. The minimum Gasteiger partial charge on any atom is -0.465 e. The number of hydrogen-bond donors (Lipinski definition) is 2. The van der Waals surface area contributed by atoms with Crippen LogP contribution in [-0.2, 0) is 20.9 Å². The Bertz CT molecular complexity index is 879. The van der Waals surface area contributed by atoms with E-state index >= 15 is 0 Å². The molecule has 4 N–H and O–H groups in total. The minimum absolute atomic E-state index is 0.0185. The first kappa shape index (κ1) is 21.3. The minimum atomic E-state index is -4.64. The summed E-state index contributed by atoms with van der Waals surface area (Å²) in [7, 11) is -2.05. The number of halogens is 3. The summed E-state index contributed by atoms with van der Waals surface area (Å²) >= 11 is 0. The molecule has 1 aromatic heterocycles. The maximum atomic E-state index is 13.1. The molecule has 0 saturated carbocycles. The van der Waals surface area contributed by atoms with Gasteiger partial charge in [0, 0.05) is 23.6 Å². The number of carbonyl (C=O) groups is 1. The van der Waals surface area contributed by atoms with E-state index in [0.29, 0.717) is 6.07 Å². The lowest BCUT2D eigenvalue weighted by Crippen LogP contribution is -2.13. The van der Waals surface area contributed by atoms with Crippen LogP contribution in [-0.4, -0.2) is 37.7 Å². The summed E-state index contributed by atoms with van der Waals surface area (Å²) in [6.45, 7) is 0. The molecule has 12 heteroatoms. The maximum Gasteiger partial charge on any atom is 0.417 e. The molecule has 2 rings (SSSR count). The number of ether oxygens (including phenoxy) is 1. The number of nitrogens with two attached hydrogens (primary N) is 2. The molecule has 0 saturated heterocycles. The quantitative estimate of drug-likeness (QED) is 0.582. The molecule has 0 aliphatic carbocycles. The third-order valence-electron chi connectivity index (χ3n) is 2.74. The van der Waals surface area contributed by atoms with Crippen LogP contribution in [0.3, 0.4) is 0 Å². The topological polar surface area (TPSA) is 138 Å². The second kappa shape index (κ2) is 8.10. The molecule has 0 spiro atoms. The number of rotatable bonds is 2. The smallest absolute Gasteiger partial charge is 0.417 e. The fourth-order valence-corrected chi connectivity index (χ4v) is 1.79. The van der Waals surface area contributed by atoms with Crippen molar-refractivity contribution in [2.24, 2.45) is 5.14 Å². The Balaban J connectivity index is 0.000000597. The lowest BCUT2D eigenvalue weighted by atomic mass is 9.99. The summed E-state index contributed by atoms with van der Waals surface area (Å²) in [6, 6.07) is 1.70. The van der Waals surface area contributed by atoms with Gasteiger partial charge in [0.25, 0.3) is 0 Å². The van der Waals surface area contributed by atoms with Gasteiger partial charge in [0.15, 0.2) is 0 Å². The number of methoxy groups -OCH3 is 1. The summed E-state index contributed by atoms with van der Waals surface area (Å²) < 4.78 is 62.6. The number of sulfonamides is 1. The number of primary sulfonamides is 1. The van der Waals surface area contributed by atoms with Crippen molar-refractivity contribution in [2.45, 2.75) is 6.18 Å². The van der Waals surface area contributed by atoms with Crippen molar-refractivity contribution in [3.63, 3.8) is 0 Å². The van der Waals surface area contributed by atoms with Crippen LogP contribution in [0.4, 0.5) is 18.9 Å². The fourth-order valence-electron chi connectivity index (χ4n) is 1.79. The highest BCUT2D eigenvalue weighted by Gasteiger charge is 2.35. The van der Waals surface area contributed by atoms with Gasteiger partial charge in [-0.25, -0.2) is 18.4 Å². The zero-order valence-corrected chi connectivity index (χ0v) is 14.4. The van der Waals surface area contributed by atoms with Crippen LogP contribution in [0, 0.1) is 0 Å². The number of nitrogens with zero attached hydrogens (tertiary/aromatic N) is 2. The Morgan fingerprint density at radius 2 is 1.81 bits per heavy atom. The summed E-state index contributed by atoms with van der Waals surface area (Å²) in [5, 5.41) is 4.33. The molecule has 8 nitrogen and oxygen atoms in total. The number of nitrogen functional groups attached to an aromatic ring is 1. The van der Waals surface area contributed by atoms with Crippen LogP contribution < -0.4 is 10.9 Å². The van der Waals surface area contributed by atoms with Crippen LogP contribution in [0.25, 0.3) is 11.3 Å². The van der Waals surface area contributed by atoms with Gasteiger partial charge >= 0.3 is 12.1 Å². The number of alkyl halides is 3. The third kappa shape index (κ3) is 6.29. The Morgan fingerprint density at radius 1 is 1.23 bits per heavy atom. The van der Waals surface area contributed by atoms with Crippen molar-refractivity contribution >= 4 is 21.7 Å². The molecule has 0 radical (unpaired) electrons. The van der Waals surface area contributed by atoms with E-state index in [9.17, 15) is 26.4 Å². The van der Waals surface area contributed by atoms with E-state index in [4.69, 9.17) is 5.73 Å². The van der Waals surface area contributed by atoms with Gasteiger partial charge in [-0.05, 0) is 12.1 Å². The SMILES string of the molecule is COC(=O)c1cc(-c2cnccn2)c(C(F)(F)F)cc1N.CS(N)(=O)=O. The normalized spacial score (nSPS) is 11.3. The Morgan fingerprint density at radius 3 is 2.23 bits per heavy atom. The molecular formula is C14H15F3N4O4S. The standard InChI is InChI=1S/C13H10F3N3O2.CH5NO2S/c1-21-12(20)8-4-7(11-6-18-2-3-19-11)9(5-10(8)17)13(14,15)16;1-5(2,3)4/h2-6H,17H2,1H3;1H3,(H2,2,3,4). The Labute approximate surface area is 147 Å². The van der Waals surface area contributed by atoms with Crippen molar-refractivity contribution < 1.29 is 31.1 Å². The lowest BCUT2D eigenvalue weighted by Gasteiger charge is -2.15. The van der Waals surface area contributed by atoms with E-state index < -0.39 is 27.7 Å². The highest BCUT2D eigenvalue weighted by atomic mass is 32.2. The largest absolute Gasteiger partial charge is 0.465 e. The zero-order valence-electron chi connectivity index (χ0n) is 13.6. The number of benzene rings is 1. The first-order chi connectivity index (χ1) is 11.8. The van der Waals surface area contributed by atoms with Crippen molar-refractivity contribution in [1.82, 2.24) is 9.97 Å². The molecular weight excluding hydrogens is 377 g/mol. The highest BCUT2D eigenvalue weighted by Crippen LogP contribution is 2.38. The van der Waals surface area contributed by atoms with Crippen molar-refractivity contribution in [3.05, 3.63) is 41.9 Å². The van der Waals surface area contributed by atoms with Crippen LogP contribution in [0.1, 0.15) is 15.9 Å². The van der Waals surface area contributed by atoms with E-state index in [0.717, 1.165) is 19.4 Å². The Hall–Kier alpha value is -2.73. The Kier molecular flexibility index (Phi) is 6.64. The van der Waals surface area contributed by atoms with Crippen LogP contribution in [0.15, 0.2) is 30.7 Å². The first-order valence-electron chi connectivity index (χ1n) is 6.67. The summed E-state index contributed by atoms with van der Waals surface area (Å²) in [5.41, 5.74) is 3.73. The molecule has 1 heterocycles. The first-order valence-corrected chi connectivity index (χ1v) is 8.63. The molecule has 0 fully saturated rings. The predicted octanol–water partition coefficient (Wildman–Crippen LogP) is 1.44. The van der Waals surface area contributed by atoms with E-state index in [1.165, 1.54) is 18.6 Å². The van der Waals surface area contributed by atoms with Crippen molar-refractivity contribution in [2.75, 3.05) is 19.1 Å². The molecule has 142 valence electrons. The average Bonchev–Trinajstić information content (AvgIpc) is 2.52. The number of carbonyl (C=O) groups excluding carboxylic acids is 1. The second-order valence-electron chi connectivity index (χ2n) is 4.89. The van der Waals surface area contributed by atoms with Crippen LogP contribution in [0.5, 0.6) is 0 Å². The van der Waals surface area contributed by atoms with Gasteiger partial charge in [-0.2, -0.15) is 13.2 Å². The molecule has 0 bridgehead atoms. The predicted molar refractivity (Wildman–Crippen MR) is 87.3 cm³/mol. The average molecular weight is 392 g/mol. The molecule has 2 aromatic rings. The zero-order chi connectivity index (χ0) is 20.1. The summed E-state index contributed by atoms with van der Waals surface area (Å²) in [6.07, 6.45) is 0.0450. The molecule has 0 amide bonds. The summed E-state index contributed by atoms with van der Waals surface area (Å²) in [5.74, 6) is -0.827. The second-order valence-corrected chi connectivity index (χ2v) is 6.55. The maximum absolute atomic E-state index is 13.1. The molecule has 0 unspecified atom stereocenters. The van der Waals surface area contributed by atoms with E-state index in [1.807, 2.05) is 0 Å². The highest BCUT2D eigenvalue weighted by molar-refractivity contribution is 7.88. The molecule has 0 aliphatic heterocycles. The molecule has 0 aliphatic rings. The summed E-state index contributed by atoms with van der Waals surface area (Å²) in [4.78, 5) is 19.1. The number of esters is 1. The van der Waals surface area contributed by atoms with Gasteiger partial charge in [0.1, 0.15) is 0 Å². The van der Waals surface area contributed by atoms with Gasteiger partial charge in [-0.1, -0.05) is 0 Å². The van der Waals surface area contributed by atoms with Gasteiger partial charge in [-0.15, -0.1) is 0 Å². The lowest BCUT2D eigenvalue weighted by molar-refractivity contribution is -0.137. The van der Waals surface area contributed by atoms with Gasteiger partial charge in [-0.3, -0.25) is 9.97 Å². The van der Waals surface area contributed by atoms with Crippen molar-refractivity contribution in [1.29, 1.82) is 0 Å². The van der Waals surface area contributed by atoms with E-state index in [-0.39, 0.29) is 22.5 Å². The molecule has 26 heavy (non-hydrogen) atoms. The molecule has 1 aromatic carbocycles. The van der Waals surface area contributed by atoms with Gasteiger partial charge in [0.2, 0.25) is 10.0 Å². The van der Waals surface area contributed by atoms with E-state index in [1.54, 1.807) is 0 Å². The van der Waals surface area contributed by atoms with E-state index in [2.05, 4.69) is 19.8 Å². The number of aromatic nitrogens is 2. The number of anilines is 1. The monoisotopic (exact) mass is 392 g/mol. The third-order valence-corrected chi connectivity index (χ3v) is 2.74.